The molecular formula is C38H44NSiZr. The molecule has 1 fully saturated rings. The first-order chi connectivity index (χ1) is 19.4. The van der Waals surface area contributed by atoms with Gasteiger partial charge >= 0.3 is 26.2 Å². The molecule has 4 aromatic carbocycles. The first-order valence-corrected chi connectivity index (χ1v) is 15.6. The van der Waals surface area contributed by atoms with Crippen molar-refractivity contribution in [1.29, 1.82) is 0 Å². The molecule has 1 saturated carbocycles. The van der Waals surface area contributed by atoms with Crippen LogP contribution in [0.25, 0.3) is 16.9 Å². The fourth-order valence-corrected chi connectivity index (χ4v) is 5.85. The van der Waals surface area contributed by atoms with Gasteiger partial charge in [-0.3, -0.25) is 6.08 Å². The van der Waals surface area contributed by atoms with E-state index in [1.54, 1.807) is 0 Å². The van der Waals surface area contributed by atoms with E-state index in [1.165, 1.54) is 51.1 Å². The Kier molecular flexibility index (Phi) is 16.5. The number of rotatable bonds is 3. The molecule has 0 saturated heterocycles. The second-order valence-electron chi connectivity index (χ2n) is 10.5. The monoisotopic (exact) mass is 632 g/mol. The predicted molar refractivity (Wildman–Crippen MR) is 178 cm³/mol. The third-order valence-corrected chi connectivity index (χ3v) is 8.84. The van der Waals surface area contributed by atoms with Gasteiger partial charge in [0.2, 0.25) is 0 Å². The van der Waals surface area contributed by atoms with Gasteiger partial charge < -0.3 is 5.73 Å². The van der Waals surface area contributed by atoms with Gasteiger partial charge in [-0.15, -0.1) is 13.0 Å². The molecule has 2 aliphatic carbocycles. The molecule has 0 bridgehead atoms. The molecule has 0 spiro atoms. The van der Waals surface area contributed by atoms with Crippen LogP contribution in [0.2, 0.25) is 0 Å². The summed E-state index contributed by atoms with van der Waals surface area (Å²) in [4.78, 5) is 0. The van der Waals surface area contributed by atoms with E-state index >= 15 is 0 Å². The summed E-state index contributed by atoms with van der Waals surface area (Å²) >= 11 is 0. The van der Waals surface area contributed by atoms with Gasteiger partial charge in [-0.1, -0.05) is 184 Å². The SMILES string of the molecule is CC1=[C-]C(C)C(C)=C1C.[NH-]C1CCCC1.[Zr+2].c1ccc(-c2ccccc2)cc1.c1ccc([SiH]c2ccccc2)cc1. The molecule has 0 amide bonds. The van der Waals surface area contributed by atoms with Crippen LogP contribution in [0.15, 0.2) is 138 Å². The van der Waals surface area contributed by atoms with E-state index in [0.29, 0.717) is 12.0 Å². The Balaban J connectivity index is 0.000000196. The van der Waals surface area contributed by atoms with E-state index < -0.39 is 0 Å². The second-order valence-corrected chi connectivity index (χ2v) is 12.1. The van der Waals surface area contributed by atoms with Gasteiger partial charge in [0.05, 0.1) is 0 Å². The maximum absolute atomic E-state index is 7.13. The third kappa shape index (κ3) is 12.9. The molecule has 41 heavy (non-hydrogen) atoms. The van der Waals surface area contributed by atoms with Gasteiger partial charge in [0, 0.05) is 0 Å². The molecule has 1 unspecified atom stereocenters. The molecule has 1 atom stereocenters. The summed E-state index contributed by atoms with van der Waals surface area (Å²) in [6.45, 7) is 8.67. The summed E-state index contributed by atoms with van der Waals surface area (Å²) in [5, 5.41) is 2.90. The maximum atomic E-state index is 7.13. The van der Waals surface area contributed by atoms with E-state index in [4.69, 9.17) is 5.73 Å². The fourth-order valence-electron chi connectivity index (χ4n) is 4.64. The van der Waals surface area contributed by atoms with Crippen LogP contribution >= 0.6 is 0 Å². The molecule has 1 N–H and O–H groups in total. The molecule has 4 aromatic rings. The first-order valence-electron chi connectivity index (χ1n) is 14.5. The number of hydrogen-bond donors (Lipinski definition) is 0. The van der Waals surface area contributed by atoms with E-state index in [9.17, 15) is 0 Å². The Morgan fingerprint density at radius 1 is 0.610 bits per heavy atom. The number of nitrogens with one attached hydrogen (secondary N) is 1. The summed E-state index contributed by atoms with van der Waals surface area (Å²) in [6, 6.07) is 42.4. The summed E-state index contributed by atoms with van der Waals surface area (Å²) in [5.41, 5.74) is 13.9. The summed E-state index contributed by atoms with van der Waals surface area (Å²) in [6.07, 6.45) is 8.26. The minimum Gasteiger partial charge on any atom is -0.675 e. The van der Waals surface area contributed by atoms with Crippen molar-refractivity contribution in [2.24, 2.45) is 5.92 Å². The minimum absolute atomic E-state index is 0. The molecule has 6 rings (SSSR count). The van der Waals surface area contributed by atoms with Crippen LogP contribution in [0.5, 0.6) is 0 Å². The standard InChI is InChI=1S/C12H11Si.C12H10.C9H13.C5H10N.Zr/c1-3-7-11(8-4-1)13-12-9-5-2-6-10-12;1-3-7-11(8-4-1)12-9-5-2-6-10-12;1-6-5-7(2)9(4)8(6)3;6-5-3-1-2-4-5;/h1-10,13H;1-10H;6H,1-4H3;5-6H,1-4H2;/q;;2*-1;+2. The van der Waals surface area contributed by atoms with Gasteiger partial charge in [-0.25, -0.2) is 5.57 Å². The molecule has 0 aliphatic heterocycles. The van der Waals surface area contributed by atoms with E-state index in [-0.39, 0.29) is 35.7 Å². The van der Waals surface area contributed by atoms with Crippen molar-refractivity contribution in [1.82, 2.24) is 0 Å². The van der Waals surface area contributed by atoms with Gasteiger partial charge in [0.15, 0.2) is 0 Å². The van der Waals surface area contributed by atoms with Crippen molar-refractivity contribution in [2.45, 2.75) is 59.4 Å². The summed E-state index contributed by atoms with van der Waals surface area (Å²) < 4.78 is 0. The van der Waals surface area contributed by atoms with Gasteiger partial charge in [0.25, 0.3) is 0 Å². The number of allylic oxidation sites excluding steroid dienone is 4. The molecule has 0 heterocycles. The molecule has 3 heteroatoms. The Hall–Kier alpha value is -2.58. The molecular weight excluding hydrogens is 590 g/mol. The maximum Gasteiger partial charge on any atom is 2.00 e. The van der Waals surface area contributed by atoms with Crippen LogP contribution < -0.4 is 10.4 Å². The number of benzene rings is 4. The van der Waals surface area contributed by atoms with Crippen LogP contribution in [0.4, 0.5) is 0 Å². The molecule has 1 nitrogen and oxygen atoms in total. The minimum atomic E-state index is 0. The van der Waals surface area contributed by atoms with E-state index in [0.717, 1.165) is 12.8 Å². The van der Waals surface area contributed by atoms with Crippen molar-refractivity contribution in [3.8, 4) is 11.1 Å². The van der Waals surface area contributed by atoms with Crippen LogP contribution in [0.3, 0.4) is 0 Å². The van der Waals surface area contributed by atoms with Crippen LogP contribution in [0, 0.1) is 12.0 Å². The zero-order chi connectivity index (χ0) is 28.6. The Bertz CT molecular complexity index is 1220. The predicted octanol–water partition coefficient (Wildman–Crippen LogP) is 9.13. The number of hydrogen-bond acceptors (Lipinski definition) is 0. The third-order valence-electron chi connectivity index (χ3n) is 7.41. The molecule has 0 aromatic heterocycles. The second kappa shape index (κ2) is 19.5. The molecule has 209 valence electrons. The van der Waals surface area contributed by atoms with Crippen LogP contribution in [0.1, 0.15) is 53.4 Å². The fraction of sp³-hybridized carbons (Fsp3) is 0.263. The summed E-state index contributed by atoms with van der Waals surface area (Å²) in [5.74, 6) is 0.560. The normalized spacial score (nSPS) is 15.6. The van der Waals surface area contributed by atoms with Gasteiger partial charge in [-0.05, 0) is 11.1 Å². The largest absolute Gasteiger partial charge is 2.00 e. The average Bonchev–Trinajstić information content (AvgIpc) is 3.57. The van der Waals surface area contributed by atoms with Crippen LogP contribution in [-0.2, 0) is 26.2 Å². The zero-order valence-electron chi connectivity index (χ0n) is 25.1. The van der Waals surface area contributed by atoms with Crippen LogP contribution in [-0.4, -0.2) is 15.6 Å². The molecule has 2 aliphatic rings. The van der Waals surface area contributed by atoms with Crippen molar-refractivity contribution in [2.75, 3.05) is 0 Å². The first kappa shape index (κ1) is 34.6. The zero-order valence-corrected chi connectivity index (χ0v) is 28.7. The quantitative estimate of drug-likeness (QED) is 0.159. The molecule has 1 radical (unpaired) electrons. The van der Waals surface area contributed by atoms with Crippen molar-refractivity contribution < 1.29 is 26.2 Å². The Morgan fingerprint density at radius 3 is 1.22 bits per heavy atom. The average molecular weight is 634 g/mol. The van der Waals surface area contributed by atoms with Crippen molar-refractivity contribution in [3.05, 3.63) is 150 Å². The van der Waals surface area contributed by atoms with Crippen molar-refractivity contribution >= 4 is 19.9 Å². The Morgan fingerprint density at radius 2 is 0.976 bits per heavy atom. The Labute approximate surface area is 271 Å². The topological polar surface area (TPSA) is 23.8 Å². The van der Waals surface area contributed by atoms with E-state index in [1.807, 2.05) is 12.1 Å². The van der Waals surface area contributed by atoms with Gasteiger partial charge in [0.1, 0.15) is 9.52 Å². The summed E-state index contributed by atoms with van der Waals surface area (Å²) in [7, 11) is 0.271. The van der Waals surface area contributed by atoms with Crippen molar-refractivity contribution in [3.63, 3.8) is 0 Å². The van der Waals surface area contributed by atoms with Gasteiger partial charge in [-0.2, -0.15) is 11.1 Å². The smallest absolute Gasteiger partial charge is 0.675 e. The van der Waals surface area contributed by atoms with E-state index in [2.05, 4.69) is 143 Å².